The molecule has 0 aliphatic heterocycles. The van der Waals surface area contributed by atoms with E-state index in [9.17, 15) is 14.9 Å². The molecule has 0 unspecified atom stereocenters. The lowest BCUT2D eigenvalue weighted by Crippen LogP contribution is -2.16. The highest BCUT2D eigenvalue weighted by Gasteiger charge is 2.19. The third-order valence-corrected chi connectivity index (χ3v) is 4.92. The van der Waals surface area contributed by atoms with Gasteiger partial charge in [-0.1, -0.05) is 30.0 Å². The lowest BCUT2D eigenvalue weighted by atomic mass is 10.1. The average molecular weight is 376 g/mol. The zero-order valence-electron chi connectivity index (χ0n) is 14.1. The number of hydrogen-bond donors (Lipinski definition) is 1. The monoisotopic (exact) mass is 376 g/mol. The summed E-state index contributed by atoms with van der Waals surface area (Å²) >= 11 is 0.983. The first-order valence-corrected chi connectivity index (χ1v) is 8.74. The van der Waals surface area contributed by atoms with Gasteiger partial charge in [-0.2, -0.15) is 10.5 Å². The fourth-order valence-electron chi connectivity index (χ4n) is 2.54. The van der Waals surface area contributed by atoms with E-state index in [-0.39, 0.29) is 33.3 Å². The van der Waals surface area contributed by atoms with Crippen LogP contribution in [0.15, 0.2) is 44.6 Å². The molecule has 132 valence electrons. The molecule has 0 saturated carbocycles. The molecule has 0 bridgehead atoms. The topological polar surface area (TPSA) is 134 Å². The fourth-order valence-corrected chi connectivity index (χ4v) is 3.47. The van der Waals surface area contributed by atoms with E-state index >= 15 is 0 Å². The van der Waals surface area contributed by atoms with E-state index in [4.69, 9.17) is 15.4 Å². The highest BCUT2D eigenvalue weighted by Crippen LogP contribution is 2.28. The summed E-state index contributed by atoms with van der Waals surface area (Å²) in [6, 6.07) is 12.3. The Balaban J connectivity index is 1.91. The number of carbonyl (C=O) groups excluding carboxylic acids is 1. The van der Waals surface area contributed by atoms with Crippen LogP contribution in [0.2, 0.25) is 0 Å². The number of ketones is 1. The zero-order chi connectivity index (χ0) is 19.6. The van der Waals surface area contributed by atoms with Crippen molar-refractivity contribution >= 4 is 34.3 Å². The van der Waals surface area contributed by atoms with Gasteiger partial charge in [-0.3, -0.25) is 4.79 Å². The Morgan fingerprint density at radius 2 is 1.96 bits per heavy atom. The van der Waals surface area contributed by atoms with Crippen LogP contribution in [0.1, 0.15) is 27.0 Å². The molecule has 0 radical (unpaired) electrons. The maximum absolute atomic E-state index is 12.5. The second-order valence-electron chi connectivity index (χ2n) is 5.60. The molecule has 2 N–H and O–H groups in total. The number of thioether (sulfide) groups is 1. The molecule has 7 nitrogen and oxygen atoms in total. The Hall–Kier alpha value is -3.62. The Bertz CT molecular complexity index is 1220. The Kier molecular flexibility index (Phi) is 4.93. The lowest BCUT2D eigenvalue weighted by Gasteiger charge is -2.09. The number of carbonyl (C=O) groups is 1. The molecule has 0 aliphatic carbocycles. The van der Waals surface area contributed by atoms with Gasteiger partial charge in [-0.25, -0.2) is 9.78 Å². The number of benzene rings is 1. The molecule has 3 rings (SSSR count). The number of nitrogens with two attached hydrogens (primary N) is 1. The van der Waals surface area contributed by atoms with Gasteiger partial charge in [0.2, 0.25) is 0 Å². The van der Waals surface area contributed by atoms with E-state index in [0.717, 1.165) is 11.8 Å². The molecule has 0 amide bonds. The SMILES string of the molecule is Cc1c(C#N)c(N)nc(SCC(=O)c2cc3ccccc3oc2=O)c1C#N. The minimum Gasteiger partial charge on any atom is -0.422 e. The fraction of sp³-hybridized carbons (Fsp3) is 0.105. The van der Waals surface area contributed by atoms with Crippen LogP contribution in [0.25, 0.3) is 11.0 Å². The third-order valence-electron chi connectivity index (χ3n) is 3.95. The minimum atomic E-state index is -0.719. The van der Waals surface area contributed by atoms with Crippen molar-refractivity contribution in [1.29, 1.82) is 10.5 Å². The van der Waals surface area contributed by atoms with Gasteiger partial charge < -0.3 is 10.2 Å². The number of anilines is 1. The molecule has 0 aliphatic rings. The van der Waals surface area contributed by atoms with Crippen molar-refractivity contribution in [2.75, 3.05) is 11.5 Å². The maximum Gasteiger partial charge on any atom is 0.347 e. The van der Waals surface area contributed by atoms with Gasteiger partial charge in [0, 0.05) is 5.39 Å². The number of fused-ring (bicyclic) bond motifs is 1. The number of pyridine rings is 1. The summed E-state index contributed by atoms with van der Waals surface area (Å²) in [7, 11) is 0. The van der Waals surface area contributed by atoms with Gasteiger partial charge in [-0.05, 0) is 24.6 Å². The van der Waals surface area contributed by atoms with Crippen molar-refractivity contribution in [2.24, 2.45) is 0 Å². The summed E-state index contributed by atoms with van der Waals surface area (Å²) in [5.74, 6) is -0.588. The van der Waals surface area contributed by atoms with Crippen LogP contribution in [-0.2, 0) is 0 Å². The molecule has 0 saturated heterocycles. The van der Waals surface area contributed by atoms with Gasteiger partial charge in [0.15, 0.2) is 5.78 Å². The largest absolute Gasteiger partial charge is 0.422 e. The van der Waals surface area contributed by atoms with Crippen molar-refractivity contribution in [1.82, 2.24) is 4.98 Å². The van der Waals surface area contributed by atoms with Crippen LogP contribution >= 0.6 is 11.8 Å². The van der Waals surface area contributed by atoms with Crippen molar-refractivity contribution in [2.45, 2.75) is 11.9 Å². The van der Waals surface area contributed by atoms with Crippen molar-refractivity contribution in [3.8, 4) is 12.1 Å². The van der Waals surface area contributed by atoms with Gasteiger partial charge >= 0.3 is 5.63 Å². The predicted molar refractivity (Wildman–Crippen MR) is 100 cm³/mol. The second-order valence-corrected chi connectivity index (χ2v) is 6.56. The van der Waals surface area contributed by atoms with Crippen LogP contribution in [-0.4, -0.2) is 16.5 Å². The first-order chi connectivity index (χ1) is 13.0. The van der Waals surface area contributed by atoms with Crippen LogP contribution < -0.4 is 11.4 Å². The number of nitrogen functional groups attached to an aromatic ring is 1. The van der Waals surface area contributed by atoms with Crippen molar-refractivity contribution < 1.29 is 9.21 Å². The summed E-state index contributed by atoms with van der Waals surface area (Å²) < 4.78 is 5.17. The number of Topliss-reactive ketones (excluding diaryl/α,β-unsaturated/α-hetero) is 1. The quantitative estimate of drug-likeness (QED) is 0.417. The van der Waals surface area contributed by atoms with Gasteiger partial charge in [0.25, 0.3) is 0 Å². The van der Waals surface area contributed by atoms with Gasteiger partial charge in [0.05, 0.1) is 16.9 Å². The number of hydrogen-bond acceptors (Lipinski definition) is 8. The molecular formula is C19H12N4O3S. The predicted octanol–water partition coefficient (Wildman–Crippen LogP) is 2.80. The molecule has 2 heterocycles. The molecule has 0 fully saturated rings. The normalized spacial score (nSPS) is 10.3. The number of nitriles is 2. The van der Waals surface area contributed by atoms with Crippen LogP contribution in [0.5, 0.6) is 0 Å². The van der Waals surface area contributed by atoms with Crippen molar-refractivity contribution in [3.05, 3.63) is 63.0 Å². The maximum atomic E-state index is 12.5. The molecule has 0 spiro atoms. The van der Waals surface area contributed by atoms with Gasteiger partial charge in [-0.15, -0.1) is 0 Å². The molecule has 27 heavy (non-hydrogen) atoms. The van der Waals surface area contributed by atoms with Gasteiger partial charge in [0.1, 0.15) is 34.1 Å². The van der Waals surface area contributed by atoms with Crippen LogP contribution in [0.3, 0.4) is 0 Å². The Morgan fingerprint density at radius 3 is 2.67 bits per heavy atom. The van der Waals surface area contributed by atoms with E-state index < -0.39 is 11.4 Å². The number of aromatic nitrogens is 1. The molecule has 8 heteroatoms. The van der Waals surface area contributed by atoms with E-state index in [0.29, 0.717) is 16.5 Å². The van der Waals surface area contributed by atoms with Crippen molar-refractivity contribution in [3.63, 3.8) is 0 Å². The summed E-state index contributed by atoms with van der Waals surface area (Å²) in [6.45, 7) is 1.60. The summed E-state index contributed by atoms with van der Waals surface area (Å²) in [4.78, 5) is 28.6. The molecule has 2 aromatic heterocycles. The number of rotatable bonds is 4. The molecular weight excluding hydrogens is 364 g/mol. The summed E-state index contributed by atoms with van der Waals surface area (Å²) in [6.07, 6.45) is 0. The summed E-state index contributed by atoms with van der Waals surface area (Å²) in [5, 5.41) is 19.3. The summed E-state index contributed by atoms with van der Waals surface area (Å²) in [5.41, 5.74) is 6.09. The minimum absolute atomic E-state index is 0.00540. The molecule has 3 aromatic rings. The van der Waals surface area contributed by atoms with Crippen LogP contribution in [0, 0.1) is 29.6 Å². The highest BCUT2D eigenvalue weighted by molar-refractivity contribution is 8.00. The number of para-hydroxylation sites is 1. The molecule has 0 atom stereocenters. The zero-order valence-corrected chi connectivity index (χ0v) is 15.0. The Labute approximate surface area is 158 Å². The first kappa shape index (κ1) is 18.2. The second kappa shape index (κ2) is 7.32. The van der Waals surface area contributed by atoms with Crippen LogP contribution in [0.4, 0.5) is 5.82 Å². The standard InChI is InChI=1S/C19H12N4O3S/c1-10-13(7-20)17(22)23-18(14(10)8-21)27-9-15(24)12-6-11-4-2-3-5-16(11)26-19(12)25/h2-6H,9H2,1H3,(H2,22,23). The molecule has 1 aromatic carbocycles. The van der Waals surface area contributed by atoms with E-state index in [1.165, 1.54) is 6.07 Å². The van der Waals surface area contributed by atoms with E-state index in [1.807, 2.05) is 12.1 Å². The van der Waals surface area contributed by atoms with E-state index in [1.54, 1.807) is 31.2 Å². The van der Waals surface area contributed by atoms with E-state index in [2.05, 4.69) is 4.98 Å². The highest BCUT2D eigenvalue weighted by atomic mass is 32.2. The average Bonchev–Trinajstić information content (AvgIpc) is 2.65. The Morgan fingerprint density at radius 1 is 1.26 bits per heavy atom. The third kappa shape index (κ3) is 3.39. The number of nitrogens with zero attached hydrogens (tertiary/aromatic N) is 3. The first-order valence-electron chi connectivity index (χ1n) is 7.75. The smallest absolute Gasteiger partial charge is 0.347 e. The lowest BCUT2D eigenvalue weighted by molar-refractivity contribution is 0.101.